The summed E-state index contributed by atoms with van der Waals surface area (Å²) in [5.74, 6) is -0.567. The molecular weight excluding hydrogens is 438 g/mol. The maximum Gasteiger partial charge on any atom is 0.407 e. The molecule has 2 N–H and O–H groups in total. The van der Waals surface area contributed by atoms with Crippen LogP contribution < -0.4 is 15.5 Å². The highest BCUT2D eigenvalue weighted by molar-refractivity contribution is 5.94. The summed E-state index contributed by atoms with van der Waals surface area (Å²) in [5.41, 5.74) is -0.339. The molecule has 0 unspecified atom stereocenters. The van der Waals surface area contributed by atoms with Gasteiger partial charge in [-0.05, 0) is 64.5 Å². The van der Waals surface area contributed by atoms with Gasteiger partial charge in [0.15, 0.2) is 0 Å². The molecule has 3 aromatic rings. The van der Waals surface area contributed by atoms with Crippen molar-refractivity contribution in [2.45, 2.75) is 52.1 Å². The summed E-state index contributed by atoms with van der Waals surface area (Å²) in [7, 11) is 0. The van der Waals surface area contributed by atoms with E-state index in [2.05, 4.69) is 5.32 Å². The number of aromatic hydroxyl groups is 1. The molecule has 1 aliphatic carbocycles. The van der Waals surface area contributed by atoms with Gasteiger partial charge in [0.05, 0.1) is 11.3 Å². The lowest BCUT2D eigenvalue weighted by Gasteiger charge is -2.28. The fraction of sp³-hybridized carbons (Fsp3) is 0.423. The number of para-hydroxylation sites is 1. The topological polar surface area (TPSA) is 115 Å². The van der Waals surface area contributed by atoms with E-state index >= 15 is 0 Å². The Hall–Kier alpha value is -3.55. The molecule has 180 valence electrons. The summed E-state index contributed by atoms with van der Waals surface area (Å²) >= 11 is 0. The molecule has 0 saturated heterocycles. The number of esters is 1. The van der Waals surface area contributed by atoms with Crippen molar-refractivity contribution in [2.24, 2.45) is 11.8 Å². The van der Waals surface area contributed by atoms with Crippen LogP contribution in [0, 0.1) is 11.8 Å². The van der Waals surface area contributed by atoms with Crippen molar-refractivity contribution in [3.63, 3.8) is 0 Å². The minimum atomic E-state index is -0.543. The van der Waals surface area contributed by atoms with Gasteiger partial charge < -0.3 is 24.3 Å². The number of hydrogen-bond donors (Lipinski definition) is 2. The van der Waals surface area contributed by atoms with E-state index in [-0.39, 0.29) is 45.7 Å². The third-order valence-electron chi connectivity index (χ3n) is 5.97. The lowest BCUT2D eigenvalue weighted by molar-refractivity contribution is -0.140. The van der Waals surface area contributed by atoms with E-state index in [4.69, 9.17) is 13.9 Å². The first-order valence-electron chi connectivity index (χ1n) is 11.5. The predicted molar refractivity (Wildman–Crippen MR) is 127 cm³/mol. The van der Waals surface area contributed by atoms with Gasteiger partial charge in [-0.3, -0.25) is 9.59 Å². The van der Waals surface area contributed by atoms with Crippen LogP contribution >= 0.6 is 0 Å². The summed E-state index contributed by atoms with van der Waals surface area (Å²) in [6.45, 7) is 5.94. The van der Waals surface area contributed by atoms with Gasteiger partial charge in [0, 0.05) is 18.7 Å². The average molecular weight is 468 g/mol. The highest BCUT2D eigenvalue weighted by Crippen LogP contribution is 2.33. The molecule has 1 saturated carbocycles. The van der Waals surface area contributed by atoms with Gasteiger partial charge >= 0.3 is 12.1 Å². The molecule has 2 aromatic carbocycles. The van der Waals surface area contributed by atoms with Gasteiger partial charge in [-0.1, -0.05) is 12.1 Å². The molecule has 1 aromatic heterocycles. The van der Waals surface area contributed by atoms with Crippen molar-refractivity contribution in [1.82, 2.24) is 5.32 Å². The Morgan fingerprint density at radius 1 is 1.09 bits per heavy atom. The Morgan fingerprint density at radius 2 is 1.79 bits per heavy atom. The molecular formula is C26H29NO7. The first-order chi connectivity index (χ1) is 16.1. The van der Waals surface area contributed by atoms with E-state index < -0.39 is 11.7 Å². The van der Waals surface area contributed by atoms with Crippen molar-refractivity contribution in [3.8, 4) is 11.5 Å². The number of fused-ring (bicyclic) bond motifs is 2. The van der Waals surface area contributed by atoms with Crippen LogP contribution in [0.4, 0.5) is 4.79 Å². The Morgan fingerprint density at radius 3 is 2.50 bits per heavy atom. The number of phenols is 1. The van der Waals surface area contributed by atoms with Crippen LogP contribution in [-0.2, 0) is 9.53 Å². The first-order valence-corrected chi connectivity index (χ1v) is 11.5. The number of phenolic OH excluding ortho intramolecular Hbond substituents is 1. The second-order valence-corrected chi connectivity index (χ2v) is 9.76. The largest absolute Gasteiger partial charge is 0.507 e. The number of ether oxygens (including phenoxy) is 2. The quantitative estimate of drug-likeness (QED) is 0.319. The van der Waals surface area contributed by atoms with E-state index in [0.717, 1.165) is 12.8 Å². The van der Waals surface area contributed by atoms with Crippen LogP contribution in [0.2, 0.25) is 0 Å². The molecule has 0 bridgehead atoms. The predicted octanol–water partition coefficient (Wildman–Crippen LogP) is 4.89. The molecule has 1 aliphatic rings. The number of amides is 1. The van der Waals surface area contributed by atoms with E-state index in [9.17, 15) is 19.5 Å². The molecule has 0 radical (unpaired) electrons. The molecule has 0 atom stereocenters. The van der Waals surface area contributed by atoms with Crippen LogP contribution in [-0.4, -0.2) is 29.3 Å². The first kappa shape index (κ1) is 23.6. The van der Waals surface area contributed by atoms with E-state index in [1.165, 1.54) is 12.1 Å². The van der Waals surface area contributed by atoms with Gasteiger partial charge in [-0.2, -0.15) is 0 Å². The molecule has 8 nitrogen and oxygen atoms in total. The monoisotopic (exact) mass is 467 g/mol. The highest BCUT2D eigenvalue weighted by atomic mass is 16.6. The maximum absolute atomic E-state index is 12.7. The minimum absolute atomic E-state index is 0.0523. The van der Waals surface area contributed by atoms with E-state index in [1.807, 2.05) is 20.8 Å². The van der Waals surface area contributed by atoms with Crippen LogP contribution in [0.1, 0.15) is 46.5 Å². The Bertz CT molecular complexity index is 1280. The third kappa shape index (κ3) is 5.32. The smallest absolute Gasteiger partial charge is 0.407 e. The average Bonchev–Trinajstić information content (AvgIpc) is 2.76. The number of rotatable bonds is 4. The van der Waals surface area contributed by atoms with Crippen molar-refractivity contribution in [3.05, 3.63) is 46.6 Å². The molecule has 0 spiro atoms. The Labute approximate surface area is 196 Å². The number of carbonyl (C=O) groups is 2. The number of benzene rings is 2. The van der Waals surface area contributed by atoms with Crippen LogP contribution in [0.15, 0.2) is 45.6 Å². The lowest BCUT2D eigenvalue weighted by Crippen LogP contribution is -2.36. The number of nitrogens with one attached hydrogen (secondary N) is 1. The van der Waals surface area contributed by atoms with Crippen molar-refractivity contribution < 1.29 is 28.6 Å². The molecule has 1 fully saturated rings. The molecule has 1 amide bonds. The molecule has 34 heavy (non-hydrogen) atoms. The molecule has 8 heteroatoms. The van der Waals surface area contributed by atoms with E-state index in [0.29, 0.717) is 30.4 Å². The van der Waals surface area contributed by atoms with Gasteiger partial charge in [0.1, 0.15) is 33.7 Å². The summed E-state index contributed by atoms with van der Waals surface area (Å²) in [6.07, 6.45) is 2.39. The summed E-state index contributed by atoms with van der Waals surface area (Å²) < 4.78 is 16.6. The second-order valence-electron chi connectivity index (χ2n) is 9.76. The van der Waals surface area contributed by atoms with Crippen molar-refractivity contribution in [1.29, 1.82) is 0 Å². The van der Waals surface area contributed by atoms with Gasteiger partial charge in [-0.15, -0.1) is 0 Å². The molecule has 1 heterocycles. The van der Waals surface area contributed by atoms with Crippen molar-refractivity contribution in [2.75, 3.05) is 6.54 Å². The van der Waals surface area contributed by atoms with Crippen LogP contribution in [0.5, 0.6) is 11.5 Å². The highest BCUT2D eigenvalue weighted by Gasteiger charge is 2.29. The normalized spacial score (nSPS) is 18.6. The Balaban J connectivity index is 1.38. The SMILES string of the molecule is CC(C)(C)OC(=O)NCC1CCC(C(=O)Oc2cc(O)c3c(=O)c4ccccc4oc3c2)CC1. The van der Waals surface area contributed by atoms with Gasteiger partial charge in [0.2, 0.25) is 5.43 Å². The summed E-state index contributed by atoms with van der Waals surface area (Å²) in [5, 5.41) is 13.6. The number of hydrogen-bond acceptors (Lipinski definition) is 7. The standard InChI is InChI=1S/C26H29NO7/c1-26(2,3)34-25(31)27-14-15-8-10-16(11-9-15)24(30)32-17-12-19(28)22-21(13-17)33-20-7-5-4-6-18(20)23(22)29/h4-7,12-13,15-16,28H,8-11,14H2,1-3H3,(H,27,31). The van der Waals surface area contributed by atoms with E-state index in [1.54, 1.807) is 24.3 Å². The van der Waals surface area contributed by atoms with Crippen LogP contribution in [0.25, 0.3) is 21.9 Å². The molecule has 4 rings (SSSR count). The number of carbonyl (C=O) groups excluding carboxylic acids is 2. The van der Waals surface area contributed by atoms with Crippen LogP contribution in [0.3, 0.4) is 0 Å². The maximum atomic E-state index is 12.7. The fourth-order valence-corrected chi connectivity index (χ4v) is 4.28. The zero-order valence-electron chi connectivity index (χ0n) is 19.6. The van der Waals surface area contributed by atoms with Gasteiger partial charge in [-0.25, -0.2) is 4.79 Å². The third-order valence-corrected chi connectivity index (χ3v) is 5.97. The fourth-order valence-electron chi connectivity index (χ4n) is 4.28. The Kier molecular flexibility index (Phi) is 6.50. The lowest BCUT2D eigenvalue weighted by atomic mass is 9.82. The zero-order valence-corrected chi connectivity index (χ0v) is 19.6. The molecule has 0 aliphatic heterocycles. The zero-order chi connectivity index (χ0) is 24.5. The van der Waals surface area contributed by atoms with Crippen molar-refractivity contribution >= 4 is 34.0 Å². The second kappa shape index (κ2) is 9.37. The summed E-state index contributed by atoms with van der Waals surface area (Å²) in [4.78, 5) is 37.3. The number of alkyl carbamates (subject to hydrolysis) is 1. The van der Waals surface area contributed by atoms with Gasteiger partial charge in [0.25, 0.3) is 0 Å². The minimum Gasteiger partial charge on any atom is -0.507 e. The summed E-state index contributed by atoms with van der Waals surface area (Å²) in [6, 6.07) is 9.50.